The Morgan fingerprint density at radius 2 is 2.06 bits per heavy atom. The molecule has 1 radical (unpaired) electrons. The van der Waals surface area contributed by atoms with Crippen molar-refractivity contribution in [1.29, 1.82) is 0 Å². The zero-order valence-corrected chi connectivity index (χ0v) is 10.7. The third-order valence-electron chi connectivity index (χ3n) is 3.41. The van der Waals surface area contributed by atoms with E-state index in [4.69, 9.17) is 0 Å². The second kappa shape index (κ2) is 5.68. The molecule has 18 heavy (non-hydrogen) atoms. The summed E-state index contributed by atoms with van der Waals surface area (Å²) in [5, 5.41) is 0. The first-order valence-corrected chi connectivity index (χ1v) is 6.37. The summed E-state index contributed by atoms with van der Waals surface area (Å²) < 4.78 is 0. The average Bonchev–Trinajstić information content (AvgIpc) is 2.46. The lowest BCUT2D eigenvalue weighted by atomic mass is 9.68. The van der Waals surface area contributed by atoms with E-state index in [1.165, 1.54) is 5.57 Å². The fourth-order valence-corrected chi connectivity index (χ4v) is 2.51. The van der Waals surface area contributed by atoms with E-state index < -0.39 is 0 Å². The molecule has 91 valence electrons. The second-order valence-corrected chi connectivity index (χ2v) is 4.48. The van der Waals surface area contributed by atoms with Gasteiger partial charge in [-0.15, -0.1) is 0 Å². The summed E-state index contributed by atoms with van der Waals surface area (Å²) in [5.41, 5.74) is 2.31. The molecule has 0 aliphatic heterocycles. The average molecular weight is 235 g/mol. The maximum Gasteiger partial charge on any atom is 0.0450 e. The SMILES string of the molecule is C=C/C=C(\C=C)C1(C2=CCCC=C2)[CH]C=CC=C1. The van der Waals surface area contributed by atoms with E-state index in [0.717, 1.165) is 18.4 Å². The lowest BCUT2D eigenvalue weighted by molar-refractivity contribution is 0.679. The normalized spacial score (nSPS) is 26.9. The highest BCUT2D eigenvalue weighted by Crippen LogP contribution is 2.44. The number of rotatable bonds is 4. The van der Waals surface area contributed by atoms with E-state index in [1.54, 1.807) is 0 Å². The van der Waals surface area contributed by atoms with Crippen molar-refractivity contribution < 1.29 is 0 Å². The number of allylic oxidation sites excluding steroid dienone is 12. The van der Waals surface area contributed by atoms with Crippen molar-refractivity contribution in [3.63, 3.8) is 0 Å². The van der Waals surface area contributed by atoms with Crippen molar-refractivity contribution in [1.82, 2.24) is 0 Å². The van der Waals surface area contributed by atoms with Crippen molar-refractivity contribution in [3.05, 3.63) is 91.5 Å². The van der Waals surface area contributed by atoms with Gasteiger partial charge in [-0.25, -0.2) is 0 Å². The summed E-state index contributed by atoms with van der Waals surface area (Å²) in [5.74, 6) is 0. The van der Waals surface area contributed by atoms with Gasteiger partial charge in [-0.05, 0) is 24.0 Å². The summed E-state index contributed by atoms with van der Waals surface area (Å²) in [7, 11) is 0. The third-order valence-corrected chi connectivity index (χ3v) is 3.41. The Morgan fingerprint density at radius 3 is 2.61 bits per heavy atom. The van der Waals surface area contributed by atoms with Gasteiger partial charge in [-0.2, -0.15) is 0 Å². The minimum absolute atomic E-state index is 0.179. The van der Waals surface area contributed by atoms with Crippen LogP contribution < -0.4 is 0 Å². The highest BCUT2D eigenvalue weighted by Gasteiger charge is 2.33. The Balaban J connectivity index is 2.50. The van der Waals surface area contributed by atoms with E-state index in [0.29, 0.717) is 0 Å². The standard InChI is InChI=1S/C18H19/c1-3-11-16(4-2)18(14-9-6-10-15-18)17-12-7-5-8-13-17/h3-4,6-7,9-15H,1-2,5,8H2/b16-11+. The van der Waals surface area contributed by atoms with Gasteiger partial charge in [0.05, 0.1) is 0 Å². The zero-order chi connectivity index (χ0) is 12.8. The fourth-order valence-electron chi connectivity index (χ4n) is 2.51. The Kier molecular flexibility index (Phi) is 3.99. The van der Waals surface area contributed by atoms with E-state index in [9.17, 15) is 0 Å². The summed E-state index contributed by atoms with van der Waals surface area (Å²) >= 11 is 0. The minimum atomic E-state index is -0.179. The summed E-state index contributed by atoms with van der Waals surface area (Å²) in [6.45, 7) is 7.75. The molecule has 2 rings (SSSR count). The Labute approximate surface area is 110 Å². The van der Waals surface area contributed by atoms with Crippen molar-refractivity contribution in [2.75, 3.05) is 0 Å². The molecule has 0 aromatic carbocycles. The second-order valence-electron chi connectivity index (χ2n) is 4.48. The number of hydrogen-bond acceptors (Lipinski definition) is 0. The van der Waals surface area contributed by atoms with Crippen LogP contribution >= 0.6 is 0 Å². The Bertz CT molecular complexity index is 480. The number of hydrogen-bond donors (Lipinski definition) is 0. The zero-order valence-electron chi connectivity index (χ0n) is 10.7. The van der Waals surface area contributed by atoms with Crippen molar-refractivity contribution in [2.24, 2.45) is 5.41 Å². The third kappa shape index (κ3) is 2.24. The Hall–Kier alpha value is -1.82. The highest BCUT2D eigenvalue weighted by molar-refractivity contribution is 5.54. The summed E-state index contributed by atoms with van der Waals surface area (Å²) in [6, 6.07) is 0. The first-order valence-electron chi connectivity index (χ1n) is 6.37. The minimum Gasteiger partial charge on any atom is -0.0991 e. The molecule has 2 aliphatic carbocycles. The van der Waals surface area contributed by atoms with E-state index >= 15 is 0 Å². The molecule has 0 spiro atoms. The van der Waals surface area contributed by atoms with Crippen molar-refractivity contribution in [3.8, 4) is 0 Å². The van der Waals surface area contributed by atoms with E-state index in [1.807, 2.05) is 18.2 Å². The molecule has 0 amide bonds. The molecule has 0 saturated heterocycles. The van der Waals surface area contributed by atoms with Crippen LogP contribution in [0.3, 0.4) is 0 Å². The highest BCUT2D eigenvalue weighted by atomic mass is 14.4. The van der Waals surface area contributed by atoms with Gasteiger partial charge < -0.3 is 0 Å². The topological polar surface area (TPSA) is 0 Å². The van der Waals surface area contributed by atoms with Gasteiger partial charge in [0.15, 0.2) is 0 Å². The first-order chi connectivity index (χ1) is 8.83. The molecule has 0 N–H and O–H groups in total. The molecular weight excluding hydrogens is 216 g/mol. The van der Waals surface area contributed by atoms with Gasteiger partial charge in [0.25, 0.3) is 0 Å². The monoisotopic (exact) mass is 235 g/mol. The van der Waals surface area contributed by atoms with Gasteiger partial charge in [-0.3, -0.25) is 0 Å². The van der Waals surface area contributed by atoms with Crippen LogP contribution in [0, 0.1) is 11.8 Å². The van der Waals surface area contributed by atoms with E-state index in [-0.39, 0.29) is 5.41 Å². The molecule has 0 nitrogen and oxygen atoms in total. The van der Waals surface area contributed by atoms with Crippen LogP contribution in [0.25, 0.3) is 0 Å². The maximum atomic E-state index is 3.95. The molecule has 0 heteroatoms. The molecule has 0 fully saturated rings. The molecular formula is C18H19. The van der Waals surface area contributed by atoms with Crippen LogP contribution in [-0.4, -0.2) is 0 Å². The largest absolute Gasteiger partial charge is 0.0991 e. The van der Waals surface area contributed by atoms with Crippen LogP contribution in [0.5, 0.6) is 0 Å². The van der Waals surface area contributed by atoms with Crippen LogP contribution in [-0.2, 0) is 0 Å². The van der Waals surface area contributed by atoms with Crippen LogP contribution in [0.4, 0.5) is 0 Å². The quantitative estimate of drug-likeness (QED) is 0.609. The first kappa shape index (κ1) is 12.6. The summed E-state index contributed by atoms with van der Waals surface area (Å²) in [6.07, 6.45) is 25.5. The van der Waals surface area contributed by atoms with Crippen molar-refractivity contribution in [2.45, 2.75) is 12.8 Å². The van der Waals surface area contributed by atoms with Gasteiger partial charge in [0.2, 0.25) is 0 Å². The molecule has 0 aromatic rings. The summed E-state index contributed by atoms with van der Waals surface area (Å²) in [4.78, 5) is 0. The predicted molar refractivity (Wildman–Crippen MR) is 79.9 cm³/mol. The molecule has 2 aliphatic rings. The van der Waals surface area contributed by atoms with Crippen LogP contribution in [0.15, 0.2) is 85.1 Å². The fraction of sp³-hybridized carbons (Fsp3) is 0.167. The van der Waals surface area contributed by atoms with Gasteiger partial charge in [-0.1, -0.05) is 73.9 Å². The molecule has 1 unspecified atom stereocenters. The molecule has 0 bridgehead atoms. The van der Waals surface area contributed by atoms with Crippen LogP contribution in [0.1, 0.15) is 12.8 Å². The van der Waals surface area contributed by atoms with Gasteiger partial charge >= 0.3 is 0 Å². The van der Waals surface area contributed by atoms with Crippen molar-refractivity contribution >= 4 is 0 Å². The lowest BCUT2D eigenvalue weighted by Gasteiger charge is -2.35. The smallest absolute Gasteiger partial charge is 0.0450 e. The predicted octanol–water partition coefficient (Wildman–Crippen LogP) is 4.88. The lowest BCUT2D eigenvalue weighted by Crippen LogP contribution is -2.24. The Morgan fingerprint density at radius 1 is 1.17 bits per heavy atom. The van der Waals surface area contributed by atoms with Crippen LogP contribution in [0.2, 0.25) is 0 Å². The molecule has 0 aromatic heterocycles. The van der Waals surface area contributed by atoms with Gasteiger partial charge in [0.1, 0.15) is 0 Å². The molecule has 0 saturated carbocycles. The van der Waals surface area contributed by atoms with E-state index in [2.05, 4.69) is 62.1 Å². The molecule has 0 heterocycles. The molecule has 1 atom stereocenters. The maximum absolute atomic E-state index is 3.95. The van der Waals surface area contributed by atoms with Gasteiger partial charge in [0, 0.05) is 11.8 Å².